The molecule has 1 rings (SSSR count). The van der Waals surface area contributed by atoms with Crippen molar-refractivity contribution in [1.82, 2.24) is 5.32 Å². The first-order valence-electron chi connectivity index (χ1n) is 5.76. The van der Waals surface area contributed by atoms with Gasteiger partial charge in [-0.15, -0.1) is 6.58 Å². The van der Waals surface area contributed by atoms with Crippen molar-refractivity contribution < 1.29 is 14.3 Å². The predicted octanol–water partition coefficient (Wildman–Crippen LogP) is 2.48. The minimum absolute atomic E-state index is 0.240. The van der Waals surface area contributed by atoms with Gasteiger partial charge in [-0.25, -0.2) is 4.79 Å². The third-order valence-corrected chi connectivity index (χ3v) is 2.02. The molecule has 2 N–H and O–H groups in total. The third-order valence-electron chi connectivity index (χ3n) is 2.02. The Kier molecular flexibility index (Phi) is 5.88. The van der Waals surface area contributed by atoms with Crippen LogP contribution in [0.15, 0.2) is 49.1 Å². The zero-order valence-corrected chi connectivity index (χ0v) is 10.7. The summed E-state index contributed by atoms with van der Waals surface area (Å²) in [5, 5.41) is 5.13. The molecule has 19 heavy (non-hydrogen) atoms. The van der Waals surface area contributed by atoms with Crippen LogP contribution in [-0.2, 0) is 4.79 Å². The molecule has 2 amide bonds. The quantitative estimate of drug-likeness (QED) is 0.631. The van der Waals surface area contributed by atoms with Crippen molar-refractivity contribution in [2.24, 2.45) is 0 Å². The summed E-state index contributed by atoms with van der Waals surface area (Å²) in [7, 11) is 0. The normalized spacial score (nSPS) is 9.95. The third kappa shape index (κ3) is 5.54. The van der Waals surface area contributed by atoms with Gasteiger partial charge in [0.1, 0.15) is 5.75 Å². The summed E-state index contributed by atoms with van der Waals surface area (Å²) in [6, 6.07) is 6.57. The summed E-state index contributed by atoms with van der Waals surface area (Å²) in [6.07, 6.45) is 4.02. The summed E-state index contributed by atoms with van der Waals surface area (Å²) in [5.74, 6) is 0.107. The van der Waals surface area contributed by atoms with Crippen LogP contribution in [0.25, 0.3) is 0 Å². The van der Waals surface area contributed by atoms with Gasteiger partial charge in [0.05, 0.1) is 0 Å². The summed E-state index contributed by atoms with van der Waals surface area (Å²) < 4.78 is 5.03. The fraction of sp³-hybridized carbons (Fsp3) is 0.143. The van der Waals surface area contributed by atoms with Crippen LogP contribution in [0.2, 0.25) is 0 Å². The van der Waals surface area contributed by atoms with Crippen molar-refractivity contribution in [3.63, 3.8) is 0 Å². The van der Waals surface area contributed by atoms with Crippen LogP contribution in [0.4, 0.5) is 10.5 Å². The Bertz CT molecular complexity index is 495. The summed E-state index contributed by atoms with van der Waals surface area (Å²) >= 11 is 0. The second-order valence-electron chi connectivity index (χ2n) is 3.58. The van der Waals surface area contributed by atoms with E-state index in [0.29, 0.717) is 18.0 Å². The van der Waals surface area contributed by atoms with E-state index in [1.165, 1.54) is 6.08 Å². The van der Waals surface area contributed by atoms with Crippen molar-refractivity contribution >= 4 is 17.7 Å². The van der Waals surface area contributed by atoms with Gasteiger partial charge in [0, 0.05) is 18.3 Å². The highest BCUT2D eigenvalue weighted by Gasteiger charge is 2.04. The highest BCUT2D eigenvalue weighted by molar-refractivity contribution is 5.99. The maximum atomic E-state index is 11.4. The van der Waals surface area contributed by atoms with Crippen molar-refractivity contribution in [2.45, 2.75) is 6.92 Å². The molecule has 1 aromatic carbocycles. The molecule has 0 bridgehead atoms. The molecule has 0 saturated carbocycles. The molecule has 100 valence electrons. The summed E-state index contributed by atoms with van der Waals surface area (Å²) in [6.45, 7) is 5.56. The number of hydrogen-bond donors (Lipinski definition) is 2. The smallest absolute Gasteiger partial charge is 0.410 e. The van der Waals surface area contributed by atoms with Gasteiger partial charge in [-0.2, -0.15) is 0 Å². The number of carbonyl (C=O) groups is 2. The first kappa shape index (κ1) is 14.5. The Hall–Kier alpha value is -2.56. The largest absolute Gasteiger partial charge is 0.412 e. The van der Waals surface area contributed by atoms with Crippen molar-refractivity contribution in [2.75, 3.05) is 11.9 Å². The zero-order valence-electron chi connectivity index (χ0n) is 10.7. The topological polar surface area (TPSA) is 67.4 Å². The lowest BCUT2D eigenvalue weighted by atomic mass is 10.3. The molecule has 0 radical (unpaired) electrons. The molecule has 0 fully saturated rings. The number of amides is 2. The van der Waals surface area contributed by atoms with Gasteiger partial charge < -0.3 is 15.4 Å². The molecule has 0 spiro atoms. The van der Waals surface area contributed by atoms with Gasteiger partial charge in [-0.1, -0.05) is 18.2 Å². The van der Waals surface area contributed by atoms with Gasteiger partial charge in [0.25, 0.3) is 0 Å². The number of allylic oxidation sites excluding steroid dienone is 1. The van der Waals surface area contributed by atoms with Gasteiger partial charge >= 0.3 is 6.09 Å². The number of anilines is 1. The predicted molar refractivity (Wildman–Crippen MR) is 74.1 cm³/mol. The van der Waals surface area contributed by atoms with Gasteiger partial charge in [-0.05, 0) is 25.1 Å². The maximum absolute atomic E-state index is 11.4. The number of nitrogens with one attached hydrogen (secondary N) is 2. The number of hydrogen-bond acceptors (Lipinski definition) is 3. The summed E-state index contributed by atoms with van der Waals surface area (Å²) in [4.78, 5) is 22.7. The molecule has 5 heteroatoms. The molecule has 1 aromatic rings. The van der Waals surface area contributed by atoms with E-state index < -0.39 is 6.09 Å². The van der Waals surface area contributed by atoms with E-state index >= 15 is 0 Å². The van der Waals surface area contributed by atoms with Crippen LogP contribution >= 0.6 is 0 Å². The second-order valence-corrected chi connectivity index (χ2v) is 3.58. The Morgan fingerprint density at radius 1 is 1.42 bits per heavy atom. The van der Waals surface area contributed by atoms with E-state index in [2.05, 4.69) is 17.2 Å². The molecule has 0 aliphatic heterocycles. The van der Waals surface area contributed by atoms with E-state index in [-0.39, 0.29) is 5.91 Å². The Labute approximate surface area is 112 Å². The fourth-order valence-electron chi connectivity index (χ4n) is 1.27. The standard InChI is InChI=1S/C14H16N2O3/c1-3-6-13(17)16-11-7-5-8-12(10-11)19-14(18)15-9-4-2/h3-8,10H,2,9H2,1H3,(H,15,18)(H,16,17). The number of ether oxygens (including phenoxy) is 1. The molecule has 0 aliphatic rings. The van der Waals surface area contributed by atoms with Gasteiger partial charge in [0.2, 0.25) is 5.91 Å². The van der Waals surface area contributed by atoms with Crippen LogP contribution in [0.1, 0.15) is 6.92 Å². The minimum Gasteiger partial charge on any atom is -0.410 e. The SMILES string of the molecule is C=CCNC(=O)Oc1cccc(NC(=O)C=CC)c1. The van der Waals surface area contributed by atoms with Gasteiger partial charge in [0.15, 0.2) is 0 Å². The van der Waals surface area contributed by atoms with Crippen LogP contribution in [0.5, 0.6) is 5.75 Å². The fourth-order valence-corrected chi connectivity index (χ4v) is 1.27. The highest BCUT2D eigenvalue weighted by atomic mass is 16.6. The van der Waals surface area contributed by atoms with Crippen LogP contribution in [0.3, 0.4) is 0 Å². The first-order valence-corrected chi connectivity index (χ1v) is 5.76. The van der Waals surface area contributed by atoms with Crippen molar-refractivity contribution in [3.8, 4) is 5.75 Å². The molecular formula is C14H16N2O3. The maximum Gasteiger partial charge on any atom is 0.412 e. The van der Waals surface area contributed by atoms with E-state index in [9.17, 15) is 9.59 Å². The lowest BCUT2D eigenvalue weighted by Gasteiger charge is -2.07. The summed E-state index contributed by atoms with van der Waals surface area (Å²) in [5.41, 5.74) is 0.553. The molecule has 0 aromatic heterocycles. The zero-order chi connectivity index (χ0) is 14.1. The molecule has 5 nitrogen and oxygen atoms in total. The molecule has 0 saturated heterocycles. The van der Waals surface area contributed by atoms with E-state index in [1.807, 2.05) is 0 Å². The number of carbonyl (C=O) groups excluding carboxylic acids is 2. The Morgan fingerprint density at radius 3 is 2.89 bits per heavy atom. The van der Waals surface area contributed by atoms with Gasteiger partial charge in [-0.3, -0.25) is 4.79 Å². The van der Waals surface area contributed by atoms with Crippen LogP contribution in [-0.4, -0.2) is 18.5 Å². The van der Waals surface area contributed by atoms with E-state index in [1.54, 1.807) is 43.3 Å². The lowest BCUT2D eigenvalue weighted by molar-refractivity contribution is -0.111. The Balaban J connectivity index is 2.63. The van der Waals surface area contributed by atoms with E-state index in [0.717, 1.165) is 0 Å². The number of benzene rings is 1. The van der Waals surface area contributed by atoms with Crippen molar-refractivity contribution in [1.29, 1.82) is 0 Å². The molecule has 0 unspecified atom stereocenters. The Morgan fingerprint density at radius 2 is 2.21 bits per heavy atom. The molecular weight excluding hydrogens is 244 g/mol. The average Bonchev–Trinajstić information content (AvgIpc) is 2.37. The van der Waals surface area contributed by atoms with E-state index in [4.69, 9.17) is 4.74 Å². The van der Waals surface area contributed by atoms with Crippen molar-refractivity contribution in [3.05, 3.63) is 49.1 Å². The molecule has 0 aliphatic carbocycles. The average molecular weight is 260 g/mol. The van der Waals surface area contributed by atoms with Crippen LogP contribution in [0, 0.1) is 0 Å². The highest BCUT2D eigenvalue weighted by Crippen LogP contribution is 2.17. The molecule has 0 heterocycles. The second kappa shape index (κ2) is 7.71. The van der Waals surface area contributed by atoms with Crippen LogP contribution < -0.4 is 15.4 Å². The monoisotopic (exact) mass is 260 g/mol. The minimum atomic E-state index is -0.572. The number of rotatable bonds is 5. The lowest BCUT2D eigenvalue weighted by Crippen LogP contribution is -2.26. The first-order chi connectivity index (χ1) is 9.15. The molecule has 0 atom stereocenters.